The third-order valence-electron chi connectivity index (χ3n) is 6.01. The summed E-state index contributed by atoms with van der Waals surface area (Å²) in [6.45, 7) is 4.39. The van der Waals surface area contributed by atoms with Gasteiger partial charge in [-0.3, -0.25) is 4.79 Å². The van der Waals surface area contributed by atoms with Crippen LogP contribution in [0.2, 0.25) is 0 Å². The van der Waals surface area contributed by atoms with E-state index >= 15 is 0 Å². The highest BCUT2D eigenvalue weighted by atomic mass is 32.1. The number of hydrogen-bond donors (Lipinski definition) is 1. The lowest BCUT2D eigenvalue weighted by Gasteiger charge is -2.40. The van der Waals surface area contributed by atoms with Crippen LogP contribution >= 0.6 is 11.3 Å². The van der Waals surface area contributed by atoms with Gasteiger partial charge in [-0.1, -0.05) is 19.1 Å². The summed E-state index contributed by atoms with van der Waals surface area (Å²) in [6.07, 6.45) is -1.59. The maximum Gasteiger partial charge on any atom is 0.419 e. The van der Waals surface area contributed by atoms with Gasteiger partial charge in [-0.2, -0.15) is 13.2 Å². The van der Waals surface area contributed by atoms with Crippen LogP contribution in [0.4, 0.5) is 23.4 Å². The Balaban J connectivity index is 1.60. The molecule has 10 heteroatoms. The van der Waals surface area contributed by atoms with E-state index in [0.717, 1.165) is 18.9 Å². The topological polar surface area (TPSA) is 58.1 Å². The average Bonchev–Trinajstić information content (AvgIpc) is 3.19. The SMILES string of the molecule is Cc1nc(C(=O)N2CCC[C@@H](C)[C@H]2CNc2ncccc2C(F)(F)F)c(-c2ccc(F)cc2)s1. The molecule has 0 unspecified atom stereocenters. The third kappa shape index (κ3) is 5.06. The Morgan fingerprint density at radius 2 is 1.97 bits per heavy atom. The molecule has 3 heterocycles. The third-order valence-corrected chi connectivity index (χ3v) is 7.03. The van der Waals surface area contributed by atoms with E-state index < -0.39 is 11.7 Å². The summed E-state index contributed by atoms with van der Waals surface area (Å²) in [4.78, 5) is 24.3. The number of pyridine rings is 1. The molecule has 1 aromatic carbocycles. The molecule has 1 aliphatic rings. The van der Waals surface area contributed by atoms with Crippen LogP contribution in [0.5, 0.6) is 0 Å². The number of carbonyl (C=O) groups is 1. The quantitative estimate of drug-likeness (QED) is 0.442. The summed E-state index contributed by atoms with van der Waals surface area (Å²) in [7, 11) is 0. The number of aromatic nitrogens is 2. The van der Waals surface area contributed by atoms with E-state index in [4.69, 9.17) is 0 Å². The van der Waals surface area contributed by atoms with E-state index in [1.165, 1.54) is 35.7 Å². The Morgan fingerprint density at radius 1 is 1.24 bits per heavy atom. The monoisotopic (exact) mass is 492 g/mol. The van der Waals surface area contributed by atoms with Crippen molar-refractivity contribution in [1.82, 2.24) is 14.9 Å². The molecule has 2 atom stereocenters. The minimum atomic E-state index is -4.54. The predicted octanol–water partition coefficient (Wildman–Crippen LogP) is 6.02. The Hall–Kier alpha value is -3.01. The lowest BCUT2D eigenvalue weighted by atomic mass is 9.90. The van der Waals surface area contributed by atoms with Crippen molar-refractivity contribution >= 4 is 23.1 Å². The number of aryl methyl sites for hydroxylation is 1. The van der Waals surface area contributed by atoms with Crippen molar-refractivity contribution in [2.45, 2.75) is 38.9 Å². The summed E-state index contributed by atoms with van der Waals surface area (Å²) in [6, 6.07) is 7.77. The molecule has 4 rings (SSSR count). The average molecular weight is 493 g/mol. The number of alkyl halides is 3. The van der Waals surface area contributed by atoms with Crippen LogP contribution in [0.25, 0.3) is 10.4 Å². The zero-order valence-electron chi connectivity index (χ0n) is 18.7. The fraction of sp³-hybridized carbons (Fsp3) is 0.375. The molecule has 1 saturated heterocycles. The van der Waals surface area contributed by atoms with Gasteiger partial charge in [-0.15, -0.1) is 11.3 Å². The van der Waals surface area contributed by atoms with Gasteiger partial charge in [0.1, 0.15) is 17.3 Å². The molecule has 180 valence electrons. The van der Waals surface area contributed by atoms with Gasteiger partial charge in [0, 0.05) is 19.3 Å². The largest absolute Gasteiger partial charge is 0.419 e. The van der Waals surface area contributed by atoms with E-state index in [9.17, 15) is 22.4 Å². The maximum atomic E-state index is 13.6. The number of nitrogens with one attached hydrogen (secondary N) is 1. The van der Waals surface area contributed by atoms with Gasteiger partial charge < -0.3 is 10.2 Å². The summed E-state index contributed by atoms with van der Waals surface area (Å²) >= 11 is 1.35. The Morgan fingerprint density at radius 3 is 2.68 bits per heavy atom. The number of rotatable bonds is 5. The minimum Gasteiger partial charge on any atom is -0.367 e. The zero-order chi connectivity index (χ0) is 24.5. The van der Waals surface area contributed by atoms with Crippen LogP contribution in [-0.2, 0) is 6.18 Å². The van der Waals surface area contributed by atoms with E-state index in [0.29, 0.717) is 22.0 Å². The van der Waals surface area contributed by atoms with E-state index in [-0.39, 0.29) is 41.7 Å². The first-order valence-electron chi connectivity index (χ1n) is 11.0. The molecule has 5 nitrogen and oxygen atoms in total. The lowest BCUT2D eigenvalue weighted by Crippen LogP contribution is -2.51. The van der Waals surface area contributed by atoms with Crippen molar-refractivity contribution in [3.63, 3.8) is 0 Å². The first-order valence-corrected chi connectivity index (χ1v) is 11.8. The van der Waals surface area contributed by atoms with Gasteiger partial charge in [-0.25, -0.2) is 14.4 Å². The van der Waals surface area contributed by atoms with Crippen LogP contribution in [0.15, 0.2) is 42.6 Å². The summed E-state index contributed by atoms with van der Waals surface area (Å²) in [5, 5.41) is 3.53. The standard InChI is InChI=1S/C24H24F4N4OS/c1-14-5-4-12-32(19(14)13-30-22-18(24(26,27)28)6-3-11-29-22)23(33)20-21(34-15(2)31-20)16-7-9-17(25)10-8-16/h3,6-11,14,19H,4-5,12-13H2,1-2H3,(H,29,30)/t14-,19-/m1/s1. The molecule has 34 heavy (non-hydrogen) atoms. The molecule has 0 saturated carbocycles. The summed E-state index contributed by atoms with van der Waals surface area (Å²) < 4.78 is 53.5. The van der Waals surface area contributed by atoms with Gasteiger partial charge in [-0.05, 0) is 55.5 Å². The molecule has 2 aromatic heterocycles. The van der Waals surface area contributed by atoms with Gasteiger partial charge >= 0.3 is 6.18 Å². The molecule has 1 aliphatic heterocycles. The van der Waals surface area contributed by atoms with E-state index in [1.54, 1.807) is 24.0 Å². The van der Waals surface area contributed by atoms with Gasteiger partial charge in [0.2, 0.25) is 0 Å². The number of anilines is 1. The Kier molecular flexibility index (Phi) is 6.88. The fourth-order valence-electron chi connectivity index (χ4n) is 4.29. The number of amides is 1. The smallest absolute Gasteiger partial charge is 0.367 e. The number of nitrogens with zero attached hydrogens (tertiary/aromatic N) is 3. The van der Waals surface area contributed by atoms with Crippen LogP contribution in [0.3, 0.4) is 0 Å². The lowest BCUT2D eigenvalue weighted by molar-refractivity contribution is -0.137. The van der Waals surface area contributed by atoms with E-state index in [1.807, 2.05) is 6.92 Å². The highest BCUT2D eigenvalue weighted by molar-refractivity contribution is 7.15. The number of piperidine rings is 1. The second-order valence-corrected chi connectivity index (χ2v) is 9.58. The number of likely N-dealkylation sites (tertiary alicyclic amines) is 1. The Labute approximate surface area is 198 Å². The molecular weight excluding hydrogens is 468 g/mol. The van der Waals surface area contributed by atoms with Gasteiger partial charge in [0.25, 0.3) is 5.91 Å². The first-order chi connectivity index (χ1) is 16.1. The van der Waals surface area contributed by atoms with Crippen molar-refractivity contribution in [1.29, 1.82) is 0 Å². The Bertz CT molecular complexity index is 1160. The summed E-state index contributed by atoms with van der Waals surface area (Å²) in [5.41, 5.74) is 0.130. The van der Waals surface area contributed by atoms with Crippen LogP contribution in [-0.4, -0.2) is 39.9 Å². The normalized spacial score (nSPS) is 18.7. The molecule has 1 amide bonds. The number of thiazole rings is 1. The van der Waals surface area contributed by atoms with Crippen LogP contribution < -0.4 is 5.32 Å². The van der Waals surface area contributed by atoms with E-state index in [2.05, 4.69) is 15.3 Å². The fourth-order valence-corrected chi connectivity index (χ4v) is 5.21. The summed E-state index contributed by atoms with van der Waals surface area (Å²) in [5.74, 6) is -0.838. The highest BCUT2D eigenvalue weighted by Crippen LogP contribution is 2.35. The predicted molar refractivity (Wildman–Crippen MR) is 123 cm³/mol. The van der Waals surface area contributed by atoms with Crippen molar-refractivity contribution in [2.75, 3.05) is 18.4 Å². The van der Waals surface area contributed by atoms with Crippen molar-refractivity contribution in [3.05, 3.63) is 64.7 Å². The highest BCUT2D eigenvalue weighted by Gasteiger charge is 2.37. The second kappa shape index (κ2) is 9.69. The number of halogens is 4. The minimum absolute atomic E-state index is 0.0669. The molecule has 0 bridgehead atoms. The number of carbonyl (C=O) groups excluding carboxylic acids is 1. The second-order valence-electron chi connectivity index (χ2n) is 8.38. The molecule has 1 N–H and O–H groups in total. The molecule has 0 spiro atoms. The van der Waals surface area contributed by atoms with Gasteiger partial charge in [0.15, 0.2) is 0 Å². The molecule has 3 aromatic rings. The number of hydrogen-bond acceptors (Lipinski definition) is 5. The number of benzene rings is 1. The van der Waals surface area contributed by atoms with Crippen molar-refractivity contribution in [3.8, 4) is 10.4 Å². The van der Waals surface area contributed by atoms with Crippen LogP contribution in [0.1, 0.15) is 40.8 Å². The van der Waals surface area contributed by atoms with Crippen molar-refractivity contribution < 1.29 is 22.4 Å². The molecule has 0 radical (unpaired) electrons. The van der Waals surface area contributed by atoms with Crippen LogP contribution in [0, 0.1) is 18.7 Å². The molecular formula is C24H24F4N4OS. The molecule has 0 aliphatic carbocycles. The maximum absolute atomic E-state index is 13.6. The van der Waals surface area contributed by atoms with Crippen molar-refractivity contribution in [2.24, 2.45) is 5.92 Å². The zero-order valence-corrected chi connectivity index (χ0v) is 19.5. The van der Waals surface area contributed by atoms with Gasteiger partial charge in [0.05, 0.1) is 21.5 Å². The first kappa shape index (κ1) is 24.1. The molecule has 1 fully saturated rings.